The van der Waals surface area contributed by atoms with E-state index in [1.54, 1.807) is 30.5 Å². The number of nitrogens with one attached hydrogen (secondary N) is 1. The molecule has 1 fully saturated rings. The van der Waals surface area contributed by atoms with Crippen LogP contribution in [-0.2, 0) is 21.5 Å². The summed E-state index contributed by atoms with van der Waals surface area (Å²) in [4.78, 5) is 45.3. The molecule has 2 aliphatic heterocycles. The van der Waals surface area contributed by atoms with Gasteiger partial charge in [0, 0.05) is 51.3 Å². The van der Waals surface area contributed by atoms with Gasteiger partial charge in [0.25, 0.3) is 5.91 Å². The van der Waals surface area contributed by atoms with Crippen molar-refractivity contribution in [3.63, 3.8) is 0 Å². The molecule has 2 aliphatic rings. The summed E-state index contributed by atoms with van der Waals surface area (Å²) >= 11 is 0. The molecule has 0 unspecified atom stereocenters. The zero-order valence-corrected chi connectivity index (χ0v) is 16.1. The molecule has 1 saturated heterocycles. The van der Waals surface area contributed by atoms with E-state index in [1.165, 1.54) is 7.11 Å². The van der Waals surface area contributed by atoms with Crippen molar-refractivity contribution in [3.8, 4) is 0 Å². The average Bonchev–Trinajstić information content (AvgIpc) is 3.19. The highest BCUT2D eigenvalue weighted by Crippen LogP contribution is 2.42. The van der Waals surface area contributed by atoms with Crippen LogP contribution in [0.1, 0.15) is 40.4 Å². The molecule has 2 aromatic rings. The fourth-order valence-corrected chi connectivity index (χ4v) is 4.31. The summed E-state index contributed by atoms with van der Waals surface area (Å²) in [6.07, 6.45) is 6.84. The lowest BCUT2D eigenvalue weighted by atomic mass is 9.78. The van der Waals surface area contributed by atoms with Gasteiger partial charge in [-0.25, -0.2) is 15.0 Å². The van der Waals surface area contributed by atoms with Crippen molar-refractivity contribution in [2.45, 2.75) is 31.7 Å². The van der Waals surface area contributed by atoms with Crippen LogP contribution in [0.4, 0.5) is 0 Å². The van der Waals surface area contributed by atoms with Gasteiger partial charge in [0.15, 0.2) is 0 Å². The molecule has 0 saturated carbocycles. The van der Waals surface area contributed by atoms with E-state index in [-0.39, 0.29) is 18.4 Å². The van der Waals surface area contributed by atoms with Crippen molar-refractivity contribution in [1.82, 2.24) is 29.7 Å². The van der Waals surface area contributed by atoms with Gasteiger partial charge in [-0.05, 0) is 19.8 Å². The van der Waals surface area contributed by atoms with Gasteiger partial charge >= 0.3 is 0 Å². The van der Waals surface area contributed by atoms with Gasteiger partial charge in [0.1, 0.15) is 12.4 Å². The molecule has 2 aromatic heterocycles. The lowest BCUT2D eigenvalue weighted by molar-refractivity contribution is -0.145. The molecule has 0 aliphatic carbocycles. The highest BCUT2D eigenvalue weighted by atomic mass is 16.5. The number of fused-ring (bicyclic) bond motifs is 2. The highest BCUT2D eigenvalue weighted by molar-refractivity contribution is 5.93. The predicted molar refractivity (Wildman–Crippen MR) is 99.5 cm³/mol. The van der Waals surface area contributed by atoms with Gasteiger partial charge in [-0.3, -0.25) is 9.59 Å². The van der Waals surface area contributed by atoms with E-state index >= 15 is 0 Å². The molecule has 148 valence electrons. The van der Waals surface area contributed by atoms with E-state index < -0.39 is 5.54 Å². The first-order chi connectivity index (χ1) is 13.5. The van der Waals surface area contributed by atoms with Crippen LogP contribution < -0.4 is 0 Å². The number of aryl methyl sites for hydroxylation is 1. The molecule has 1 spiro atoms. The predicted octanol–water partition coefficient (Wildman–Crippen LogP) is 0.671. The van der Waals surface area contributed by atoms with Gasteiger partial charge in [0.05, 0.1) is 23.1 Å². The third-order valence-corrected chi connectivity index (χ3v) is 5.74. The molecule has 2 amide bonds. The average molecular weight is 384 g/mol. The van der Waals surface area contributed by atoms with Crippen LogP contribution in [0.15, 0.2) is 18.7 Å². The number of hydrogen-bond donors (Lipinski definition) is 1. The van der Waals surface area contributed by atoms with Crippen LogP contribution in [0.25, 0.3) is 0 Å². The van der Waals surface area contributed by atoms with Crippen LogP contribution >= 0.6 is 0 Å². The minimum atomic E-state index is -0.496. The van der Waals surface area contributed by atoms with Crippen molar-refractivity contribution in [2.75, 3.05) is 33.4 Å². The Morgan fingerprint density at radius 2 is 1.89 bits per heavy atom. The number of amides is 2. The molecule has 4 heterocycles. The number of nitrogens with zero attached hydrogens (tertiary/aromatic N) is 5. The van der Waals surface area contributed by atoms with Crippen LogP contribution in [0, 0.1) is 6.92 Å². The topological polar surface area (TPSA) is 104 Å². The molecular formula is C19H24N6O3. The lowest BCUT2D eigenvalue weighted by Crippen LogP contribution is -2.59. The number of carbonyl (C=O) groups excluding carboxylic acids is 2. The molecule has 0 aromatic carbocycles. The maximum absolute atomic E-state index is 12.8. The first kappa shape index (κ1) is 18.5. The SMILES string of the molecule is COCC(=O)N1CCc2[nH]cnc2C12CCN(C(=O)c1cnc(C)nc1)CC2. The molecule has 9 heteroatoms. The Morgan fingerprint density at radius 3 is 2.57 bits per heavy atom. The lowest BCUT2D eigenvalue weighted by Gasteiger charge is -2.50. The van der Waals surface area contributed by atoms with Gasteiger partial charge in [-0.2, -0.15) is 0 Å². The van der Waals surface area contributed by atoms with Gasteiger partial charge in [-0.15, -0.1) is 0 Å². The van der Waals surface area contributed by atoms with Crippen molar-refractivity contribution < 1.29 is 14.3 Å². The fraction of sp³-hybridized carbons (Fsp3) is 0.526. The number of rotatable bonds is 3. The second kappa shape index (κ2) is 7.31. The Bertz CT molecular complexity index is 870. The number of likely N-dealkylation sites (tertiary alicyclic amines) is 1. The van der Waals surface area contributed by atoms with E-state index in [9.17, 15) is 9.59 Å². The second-order valence-corrected chi connectivity index (χ2v) is 7.30. The van der Waals surface area contributed by atoms with Crippen molar-refractivity contribution in [1.29, 1.82) is 0 Å². The number of carbonyl (C=O) groups is 2. The molecule has 0 bridgehead atoms. The fourth-order valence-electron chi connectivity index (χ4n) is 4.31. The van der Waals surface area contributed by atoms with Crippen molar-refractivity contribution in [2.24, 2.45) is 0 Å². The van der Waals surface area contributed by atoms with E-state index in [0.717, 1.165) is 17.8 Å². The largest absolute Gasteiger partial charge is 0.375 e. The van der Waals surface area contributed by atoms with Crippen LogP contribution in [-0.4, -0.2) is 74.9 Å². The smallest absolute Gasteiger partial charge is 0.256 e. The van der Waals surface area contributed by atoms with Crippen molar-refractivity contribution in [3.05, 3.63) is 41.5 Å². The van der Waals surface area contributed by atoms with E-state index in [2.05, 4.69) is 19.9 Å². The summed E-state index contributed by atoms with van der Waals surface area (Å²) < 4.78 is 5.09. The normalized spacial score (nSPS) is 18.2. The van der Waals surface area contributed by atoms with Gasteiger partial charge in [0.2, 0.25) is 5.91 Å². The van der Waals surface area contributed by atoms with E-state index in [1.807, 2.05) is 4.90 Å². The minimum Gasteiger partial charge on any atom is -0.375 e. The van der Waals surface area contributed by atoms with Gasteiger partial charge in [-0.1, -0.05) is 0 Å². The van der Waals surface area contributed by atoms with E-state index in [0.29, 0.717) is 43.9 Å². The third kappa shape index (κ3) is 3.05. The molecule has 28 heavy (non-hydrogen) atoms. The Balaban J connectivity index is 1.57. The number of aromatic amines is 1. The number of piperidine rings is 1. The number of imidazole rings is 1. The van der Waals surface area contributed by atoms with Crippen molar-refractivity contribution >= 4 is 11.8 Å². The molecular weight excluding hydrogens is 360 g/mol. The molecule has 4 rings (SSSR count). The highest BCUT2D eigenvalue weighted by Gasteiger charge is 2.49. The summed E-state index contributed by atoms with van der Waals surface area (Å²) in [6.45, 7) is 3.53. The summed E-state index contributed by atoms with van der Waals surface area (Å²) in [5, 5.41) is 0. The summed E-state index contributed by atoms with van der Waals surface area (Å²) in [7, 11) is 1.53. The first-order valence-corrected chi connectivity index (χ1v) is 9.45. The number of H-pyrrole nitrogens is 1. The van der Waals surface area contributed by atoms with Crippen LogP contribution in [0.3, 0.4) is 0 Å². The first-order valence-electron chi connectivity index (χ1n) is 9.45. The second-order valence-electron chi connectivity index (χ2n) is 7.30. The number of methoxy groups -OCH3 is 1. The van der Waals surface area contributed by atoms with E-state index in [4.69, 9.17) is 4.74 Å². The Hall–Kier alpha value is -2.81. The quantitative estimate of drug-likeness (QED) is 0.834. The number of ether oxygens (including phenoxy) is 1. The maximum Gasteiger partial charge on any atom is 0.256 e. The molecule has 0 radical (unpaired) electrons. The summed E-state index contributed by atoms with van der Waals surface area (Å²) in [5.41, 5.74) is 1.99. The standard InChI is InChI=1S/C19H24N6O3/c1-13-20-9-14(10-21-13)18(27)24-7-4-19(5-8-24)17-15(22-12-23-17)3-6-25(19)16(26)11-28-2/h9-10,12H,3-8,11H2,1-2H3,(H,22,23). The number of hydrogen-bond acceptors (Lipinski definition) is 6. The minimum absolute atomic E-state index is 0.0390. The molecule has 0 atom stereocenters. The summed E-state index contributed by atoms with van der Waals surface area (Å²) in [5.74, 6) is 0.514. The zero-order chi connectivity index (χ0) is 19.7. The van der Waals surface area contributed by atoms with Gasteiger partial charge < -0.3 is 19.5 Å². The monoisotopic (exact) mass is 384 g/mol. The number of aromatic nitrogens is 4. The zero-order valence-electron chi connectivity index (χ0n) is 16.1. The van der Waals surface area contributed by atoms with Crippen LogP contribution in [0.2, 0.25) is 0 Å². The van der Waals surface area contributed by atoms with Crippen LogP contribution in [0.5, 0.6) is 0 Å². The Kier molecular flexibility index (Phi) is 4.84. The molecule has 1 N–H and O–H groups in total. The molecule has 9 nitrogen and oxygen atoms in total. The summed E-state index contributed by atoms with van der Waals surface area (Å²) in [6, 6.07) is 0. The third-order valence-electron chi connectivity index (χ3n) is 5.74. The Labute approximate surface area is 163 Å². The Morgan fingerprint density at radius 1 is 1.18 bits per heavy atom. The maximum atomic E-state index is 12.8.